The Kier molecular flexibility index (Phi) is 5.15. The van der Waals surface area contributed by atoms with E-state index in [-0.39, 0.29) is 16.6 Å². The molecular weight excluding hydrogens is 319 g/mol. The number of carbonyl (C=O) groups is 1. The summed E-state index contributed by atoms with van der Waals surface area (Å²) in [5.41, 5.74) is 0.251. The molecule has 2 rings (SSSR count). The summed E-state index contributed by atoms with van der Waals surface area (Å²) in [7, 11) is 1.53. The highest BCUT2D eigenvalue weighted by atomic mass is 35.5. The first-order valence-electron chi connectivity index (χ1n) is 7.09. The van der Waals surface area contributed by atoms with E-state index >= 15 is 0 Å². The fourth-order valence-electron chi connectivity index (χ4n) is 2.11. The van der Waals surface area contributed by atoms with Gasteiger partial charge < -0.3 is 10.6 Å². The fraction of sp³-hybridized carbons (Fsp3) is 0.312. The van der Waals surface area contributed by atoms with Gasteiger partial charge in [0, 0.05) is 19.0 Å². The number of carbonyl (C=O) groups excluding carboxylic acids is 1. The lowest BCUT2D eigenvalue weighted by Crippen LogP contribution is -2.29. The van der Waals surface area contributed by atoms with E-state index in [4.69, 9.17) is 11.6 Å². The summed E-state index contributed by atoms with van der Waals surface area (Å²) in [6.45, 7) is 4.24. The lowest BCUT2D eigenvalue weighted by atomic mass is 9.84. The highest BCUT2D eigenvalue weighted by molar-refractivity contribution is 6.30. The SMILES string of the molecule is CNC(=O)c1ccc(NCC(C)(C)c2cccc(Cl)c2F)nn1. The summed E-state index contributed by atoms with van der Waals surface area (Å²) in [6.07, 6.45) is 0. The van der Waals surface area contributed by atoms with Gasteiger partial charge in [-0.05, 0) is 23.8 Å². The molecule has 1 amide bonds. The molecule has 2 N–H and O–H groups in total. The minimum Gasteiger partial charge on any atom is -0.368 e. The average Bonchev–Trinajstić information content (AvgIpc) is 2.55. The van der Waals surface area contributed by atoms with Gasteiger partial charge in [0.15, 0.2) is 5.69 Å². The van der Waals surface area contributed by atoms with Crippen molar-refractivity contribution in [3.63, 3.8) is 0 Å². The van der Waals surface area contributed by atoms with Gasteiger partial charge in [-0.3, -0.25) is 4.79 Å². The van der Waals surface area contributed by atoms with Crippen molar-refractivity contribution in [2.45, 2.75) is 19.3 Å². The molecule has 0 spiro atoms. The molecule has 122 valence electrons. The standard InChI is InChI=1S/C16H18ClFN4O/c1-16(2,10-5-4-6-11(17)14(10)18)9-20-13-8-7-12(21-22-13)15(23)19-3/h4-8H,9H2,1-3H3,(H,19,23)(H,20,22). The van der Waals surface area contributed by atoms with Crippen molar-refractivity contribution in [2.24, 2.45) is 0 Å². The van der Waals surface area contributed by atoms with E-state index in [9.17, 15) is 9.18 Å². The van der Waals surface area contributed by atoms with Crippen molar-refractivity contribution in [1.82, 2.24) is 15.5 Å². The number of rotatable bonds is 5. The summed E-state index contributed by atoms with van der Waals surface area (Å²) in [5.74, 6) is -0.208. The van der Waals surface area contributed by atoms with Crippen LogP contribution in [-0.4, -0.2) is 29.7 Å². The summed E-state index contributed by atoms with van der Waals surface area (Å²) in [6, 6.07) is 8.18. The quantitative estimate of drug-likeness (QED) is 0.880. The summed E-state index contributed by atoms with van der Waals surface area (Å²) in [4.78, 5) is 11.4. The van der Waals surface area contributed by atoms with Crippen LogP contribution in [0.1, 0.15) is 29.9 Å². The van der Waals surface area contributed by atoms with Gasteiger partial charge in [-0.2, -0.15) is 0 Å². The largest absolute Gasteiger partial charge is 0.368 e. The van der Waals surface area contributed by atoms with Gasteiger partial charge in [0.05, 0.1) is 5.02 Å². The highest BCUT2D eigenvalue weighted by Crippen LogP contribution is 2.29. The van der Waals surface area contributed by atoms with Crippen molar-refractivity contribution in [1.29, 1.82) is 0 Å². The minimum atomic E-state index is -0.504. The second kappa shape index (κ2) is 6.91. The number of aromatic nitrogens is 2. The fourth-order valence-corrected chi connectivity index (χ4v) is 2.28. The molecule has 1 heterocycles. The van der Waals surface area contributed by atoms with E-state index in [1.165, 1.54) is 13.1 Å². The molecule has 0 atom stereocenters. The molecule has 0 saturated carbocycles. The molecule has 1 aromatic carbocycles. The minimum absolute atomic E-state index is 0.102. The molecule has 7 heteroatoms. The lowest BCUT2D eigenvalue weighted by Gasteiger charge is -2.26. The molecule has 0 aliphatic carbocycles. The zero-order valence-corrected chi connectivity index (χ0v) is 13.9. The van der Waals surface area contributed by atoms with Crippen LogP contribution < -0.4 is 10.6 Å². The Morgan fingerprint density at radius 1 is 1.26 bits per heavy atom. The second-order valence-electron chi connectivity index (χ2n) is 5.72. The van der Waals surface area contributed by atoms with Gasteiger partial charge in [0.2, 0.25) is 0 Å². The Morgan fingerprint density at radius 3 is 2.61 bits per heavy atom. The number of nitrogens with zero attached hydrogens (tertiary/aromatic N) is 2. The van der Waals surface area contributed by atoms with Crippen molar-refractivity contribution in [2.75, 3.05) is 18.9 Å². The number of nitrogens with one attached hydrogen (secondary N) is 2. The van der Waals surface area contributed by atoms with Crippen molar-refractivity contribution in [3.05, 3.63) is 52.4 Å². The number of amides is 1. The number of halogens is 2. The van der Waals surface area contributed by atoms with Crippen LogP contribution in [0.15, 0.2) is 30.3 Å². The second-order valence-corrected chi connectivity index (χ2v) is 6.13. The Hall–Kier alpha value is -2.21. The third-order valence-electron chi connectivity index (χ3n) is 3.52. The molecular formula is C16H18ClFN4O. The Labute approximate surface area is 139 Å². The van der Waals surface area contributed by atoms with Crippen LogP contribution in [0.25, 0.3) is 0 Å². The van der Waals surface area contributed by atoms with Crippen LogP contribution in [0.2, 0.25) is 5.02 Å². The predicted molar refractivity (Wildman–Crippen MR) is 88.3 cm³/mol. The zero-order valence-electron chi connectivity index (χ0n) is 13.2. The Morgan fingerprint density at radius 2 is 2.00 bits per heavy atom. The number of hydrogen-bond acceptors (Lipinski definition) is 4. The molecule has 0 bridgehead atoms. The maximum Gasteiger partial charge on any atom is 0.271 e. The maximum absolute atomic E-state index is 14.2. The monoisotopic (exact) mass is 336 g/mol. The lowest BCUT2D eigenvalue weighted by molar-refractivity contribution is 0.0957. The normalized spacial score (nSPS) is 11.2. The first-order valence-corrected chi connectivity index (χ1v) is 7.47. The summed E-state index contributed by atoms with van der Waals surface area (Å²) >= 11 is 5.84. The number of hydrogen-bond donors (Lipinski definition) is 2. The van der Waals surface area contributed by atoms with Gasteiger partial charge in [0.1, 0.15) is 11.6 Å². The number of benzene rings is 1. The van der Waals surface area contributed by atoms with Crippen LogP contribution in [0.4, 0.5) is 10.2 Å². The van der Waals surface area contributed by atoms with Gasteiger partial charge in [-0.25, -0.2) is 4.39 Å². The Balaban J connectivity index is 2.10. The van der Waals surface area contributed by atoms with E-state index in [2.05, 4.69) is 20.8 Å². The van der Waals surface area contributed by atoms with E-state index in [1.54, 1.807) is 24.3 Å². The third kappa shape index (κ3) is 3.96. The van der Waals surface area contributed by atoms with Gasteiger partial charge >= 0.3 is 0 Å². The van der Waals surface area contributed by atoms with Crippen LogP contribution in [0.3, 0.4) is 0 Å². The maximum atomic E-state index is 14.2. The topological polar surface area (TPSA) is 66.9 Å². The van der Waals surface area contributed by atoms with Crippen LogP contribution in [-0.2, 0) is 5.41 Å². The molecule has 0 aliphatic rings. The van der Waals surface area contributed by atoms with E-state index in [0.717, 1.165) is 0 Å². The molecule has 0 radical (unpaired) electrons. The molecule has 0 unspecified atom stereocenters. The molecule has 23 heavy (non-hydrogen) atoms. The molecule has 0 saturated heterocycles. The van der Waals surface area contributed by atoms with E-state index in [1.807, 2.05) is 13.8 Å². The average molecular weight is 337 g/mol. The molecule has 0 aliphatic heterocycles. The summed E-state index contributed by atoms with van der Waals surface area (Å²) < 4.78 is 14.2. The molecule has 5 nitrogen and oxygen atoms in total. The number of anilines is 1. The van der Waals surface area contributed by atoms with Crippen LogP contribution >= 0.6 is 11.6 Å². The molecule has 1 aromatic heterocycles. The molecule has 2 aromatic rings. The Bertz CT molecular complexity index is 704. The van der Waals surface area contributed by atoms with Gasteiger partial charge in [0.25, 0.3) is 5.91 Å². The third-order valence-corrected chi connectivity index (χ3v) is 3.81. The van der Waals surface area contributed by atoms with Crippen molar-refractivity contribution in [3.8, 4) is 0 Å². The first-order chi connectivity index (χ1) is 10.8. The highest BCUT2D eigenvalue weighted by Gasteiger charge is 2.25. The predicted octanol–water partition coefficient (Wildman–Crippen LogP) is 3.02. The summed E-state index contributed by atoms with van der Waals surface area (Å²) in [5, 5.41) is 13.5. The smallest absolute Gasteiger partial charge is 0.271 e. The van der Waals surface area contributed by atoms with E-state index < -0.39 is 11.2 Å². The van der Waals surface area contributed by atoms with E-state index in [0.29, 0.717) is 17.9 Å². The van der Waals surface area contributed by atoms with Crippen molar-refractivity contribution < 1.29 is 9.18 Å². The van der Waals surface area contributed by atoms with Gasteiger partial charge in [-0.1, -0.05) is 37.6 Å². The zero-order chi connectivity index (χ0) is 17.0. The van der Waals surface area contributed by atoms with Gasteiger partial charge in [-0.15, -0.1) is 10.2 Å². The van der Waals surface area contributed by atoms with Crippen molar-refractivity contribution >= 4 is 23.3 Å². The first kappa shape index (κ1) is 17.1. The molecule has 0 fully saturated rings. The van der Waals surface area contributed by atoms with Crippen LogP contribution in [0.5, 0.6) is 0 Å². The van der Waals surface area contributed by atoms with Crippen LogP contribution in [0, 0.1) is 5.82 Å².